The standard InChI is InChI=1S/C16H17N3O5S2/c1-11(20)18-19-15(22)13-7-9-25-16(13)17-14(21)8-10-26(23,24)12-5-3-2-4-6-12/h2-7,9H,8,10H2,1H3,(H,17,21)(H,18,20)(H,19,22). The van der Waals surface area contributed by atoms with Crippen molar-refractivity contribution < 1.29 is 22.8 Å². The first-order valence-corrected chi connectivity index (χ1v) is 10.0. The Morgan fingerprint density at radius 3 is 2.38 bits per heavy atom. The van der Waals surface area contributed by atoms with Gasteiger partial charge in [0.1, 0.15) is 5.00 Å². The zero-order valence-corrected chi connectivity index (χ0v) is 15.4. The van der Waals surface area contributed by atoms with Crippen LogP contribution in [0.15, 0.2) is 46.7 Å². The highest BCUT2D eigenvalue weighted by Gasteiger charge is 2.19. The highest BCUT2D eigenvalue weighted by Crippen LogP contribution is 2.23. The van der Waals surface area contributed by atoms with Crippen LogP contribution in [0.5, 0.6) is 0 Å². The number of hydrogen-bond acceptors (Lipinski definition) is 6. The Balaban J connectivity index is 1.96. The molecule has 0 bridgehead atoms. The van der Waals surface area contributed by atoms with E-state index in [0.717, 1.165) is 11.3 Å². The van der Waals surface area contributed by atoms with Crippen LogP contribution in [0.2, 0.25) is 0 Å². The number of anilines is 1. The van der Waals surface area contributed by atoms with E-state index in [9.17, 15) is 22.8 Å². The monoisotopic (exact) mass is 395 g/mol. The van der Waals surface area contributed by atoms with Crippen LogP contribution in [-0.2, 0) is 19.4 Å². The number of hydrazine groups is 1. The predicted molar refractivity (Wildman–Crippen MR) is 97.3 cm³/mol. The van der Waals surface area contributed by atoms with Crippen LogP contribution in [0.4, 0.5) is 5.00 Å². The van der Waals surface area contributed by atoms with Gasteiger partial charge in [0.25, 0.3) is 5.91 Å². The Kier molecular flexibility index (Phi) is 6.47. The first-order valence-electron chi connectivity index (χ1n) is 7.51. The quantitative estimate of drug-likeness (QED) is 0.637. The third kappa shape index (κ3) is 5.39. The van der Waals surface area contributed by atoms with Crippen molar-refractivity contribution in [1.82, 2.24) is 10.9 Å². The number of rotatable bonds is 6. The minimum atomic E-state index is -3.56. The summed E-state index contributed by atoms with van der Waals surface area (Å²) in [7, 11) is -3.56. The fraction of sp³-hybridized carbons (Fsp3) is 0.188. The average Bonchev–Trinajstić information content (AvgIpc) is 3.07. The van der Waals surface area contributed by atoms with E-state index >= 15 is 0 Å². The predicted octanol–water partition coefficient (Wildman–Crippen LogP) is 1.33. The zero-order valence-electron chi connectivity index (χ0n) is 13.8. The van der Waals surface area contributed by atoms with Gasteiger partial charge in [-0.1, -0.05) is 18.2 Å². The highest BCUT2D eigenvalue weighted by molar-refractivity contribution is 7.91. The summed E-state index contributed by atoms with van der Waals surface area (Å²) in [5.74, 6) is -1.90. The smallest absolute Gasteiger partial charge is 0.272 e. The summed E-state index contributed by atoms with van der Waals surface area (Å²) in [5.41, 5.74) is 4.52. The lowest BCUT2D eigenvalue weighted by Gasteiger charge is -2.08. The Hall–Kier alpha value is -2.72. The first kappa shape index (κ1) is 19.6. The van der Waals surface area contributed by atoms with Crippen LogP contribution >= 0.6 is 11.3 Å². The number of benzene rings is 1. The molecule has 1 aromatic heterocycles. The molecule has 0 aliphatic rings. The number of sulfone groups is 1. The van der Waals surface area contributed by atoms with E-state index in [2.05, 4.69) is 16.2 Å². The highest BCUT2D eigenvalue weighted by atomic mass is 32.2. The van der Waals surface area contributed by atoms with Gasteiger partial charge in [0.15, 0.2) is 9.84 Å². The van der Waals surface area contributed by atoms with Crippen molar-refractivity contribution in [3.8, 4) is 0 Å². The van der Waals surface area contributed by atoms with Gasteiger partial charge in [-0.3, -0.25) is 25.2 Å². The maximum Gasteiger partial charge on any atom is 0.272 e. The molecule has 0 aliphatic carbocycles. The van der Waals surface area contributed by atoms with Crippen molar-refractivity contribution in [2.24, 2.45) is 0 Å². The van der Waals surface area contributed by atoms with Gasteiger partial charge in [0.05, 0.1) is 16.2 Å². The van der Waals surface area contributed by atoms with Crippen molar-refractivity contribution in [2.45, 2.75) is 18.2 Å². The van der Waals surface area contributed by atoms with E-state index in [1.54, 1.807) is 23.6 Å². The molecule has 0 unspecified atom stereocenters. The third-order valence-corrected chi connectivity index (χ3v) is 5.78. The Morgan fingerprint density at radius 1 is 1.04 bits per heavy atom. The normalized spacial score (nSPS) is 10.8. The SMILES string of the molecule is CC(=O)NNC(=O)c1ccsc1NC(=O)CCS(=O)(=O)c1ccccc1. The molecule has 3 N–H and O–H groups in total. The Labute approximate surface area is 154 Å². The summed E-state index contributed by atoms with van der Waals surface area (Å²) >= 11 is 1.12. The number of amides is 3. The van der Waals surface area contributed by atoms with Crippen molar-refractivity contribution in [3.05, 3.63) is 47.3 Å². The summed E-state index contributed by atoms with van der Waals surface area (Å²) in [5, 5.41) is 4.39. The molecule has 8 nitrogen and oxygen atoms in total. The van der Waals surface area contributed by atoms with E-state index in [4.69, 9.17) is 0 Å². The molecule has 10 heteroatoms. The zero-order chi connectivity index (χ0) is 19.2. The summed E-state index contributed by atoms with van der Waals surface area (Å²) < 4.78 is 24.4. The molecule has 1 aromatic carbocycles. The van der Waals surface area contributed by atoms with Gasteiger partial charge in [-0.25, -0.2) is 8.42 Å². The lowest BCUT2D eigenvalue weighted by Crippen LogP contribution is -2.40. The van der Waals surface area contributed by atoms with Gasteiger partial charge in [0.2, 0.25) is 11.8 Å². The molecule has 138 valence electrons. The van der Waals surface area contributed by atoms with Crippen molar-refractivity contribution in [3.63, 3.8) is 0 Å². The second-order valence-corrected chi connectivity index (χ2v) is 8.25. The van der Waals surface area contributed by atoms with E-state index in [0.29, 0.717) is 0 Å². The molecule has 0 radical (unpaired) electrons. The molecule has 2 rings (SSSR count). The summed E-state index contributed by atoms with van der Waals surface area (Å²) in [6.45, 7) is 1.24. The van der Waals surface area contributed by atoms with Gasteiger partial charge in [-0.05, 0) is 23.6 Å². The van der Waals surface area contributed by atoms with E-state index < -0.39 is 27.6 Å². The molecule has 0 saturated carbocycles. The molecular formula is C16H17N3O5S2. The number of hydrogen-bond donors (Lipinski definition) is 3. The molecular weight excluding hydrogens is 378 g/mol. The Morgan fingerprint density at radius 2 is 1.73 bits per heavy atom. The molecule has 0 saturated heterocycles. The van der Waals surface area contributed by atoms with Crippen LogP contribution in [0.3, 0.4) is 0 Å². The second kappa shape index (κ2) is 8.59. The minimum absolute atomic E-state index is 0.152. The molecule has 0 aliphatic heterocycles. The fourth-order valence-corrected chi connectivity index (χ4v) is 4.02. The maximum atomic E-state index is 12.2. The first-order chi connectivity index (χ1) is 12.3. The molecule has 1 heterocycles. The van der Waals surface area contributed by atoms with E-state index in [-0.39, 0.29) is 27.6 Å². The third-order valence-electron chi connectivity index (χ3n) is 3.22. The number of carbonyl (C=O) groups is 3. The summed E-state index contributed by atoms with van der Waals surface area (Å²) in [6, 6.07) is 9.35. The van der Waals surface area contributed by atoms with E-state index in [1.165, 1.54) is 25.1 Å². The summed E-state index contributed by atoms with van der Waals surface area (Å²) in [4.78, 5) is 35.0. The van der Waals surface area contributed by atoms with Crippen molar-refractivity contribution in [2.75, 3.05) is 11.1 Å². The lowest BCUT2D eigenvalue weighted by atomic mass is 10.3. The van der Waals surface area contributed by atoms with Crippen molar-refractivity contribution in [1.29, 1.82) is 0 Å². The van der Waals surface area contributed by atoms with Crippen LogP contribution in [-0.4, -0.2) is 31.9 Å². The molecule has 0 spiro atoms. The molecule has 0 fully saturated rings. The lowest BCUT2D eigenvalue weighted by molar-refractivity contribution is -0.119. The number of thiophene rings is 1. The van der Waals surface area contributed by atoms with Gasteiger partial charge < -0.3 is 5.32 Å². The fourth-order valence-electron chi connectivity index (χ4n) is 1.96. The number of carbonyl (C=O) groups excluding carboxylic acids is 3. The van der Waals surface area contributed by atoms with Crippen LogP contribution in [0.25, 0.3) is 0 Å². The van der Waals surface area contributed by atoms with Gasteiger partial charge in [-0.15, -0.1) is 11.3 Å². The molecule has 26 heavy (non-hydrogen) atoms. The van der Waals surface area contributed by atoms with Crippen molar-refractivity contribution >= 4 is 43.9 Å². The minimum Gasteiger partial charge on any atom is -0.317 e. The second-order valence-electron chi connectivity index (χ2n) is 5.23. The maximum absolute atomic E-state index is 12.2. The van der Waals surface area contributed by atoms with Gasteiger partial charge in [0, 0.05) is 13.3 Å². The Bertz CT molecular complexity index is 907. The van der Waals surface area contributed by atoms with Gasteiger partial charge >= 0.3 is 0 Å². The number of nitrogens with one attached hydrogen (secondary N) is 3. The van der Waals surface area contributed by atoms with Gasteiger partial charge in [-0.2, -0.15) is 0 Å². The van der Waals surface area contributed by atoms with Crippen LogP contribution < -0.4 is 16.2 Å². The molecule has 2 aromatic rings. The molecule has 0 atom stereocenters. The van der Waals surface area contributed by atoms with Crippen LogP contribution in [0.1, 0.15) is 23.7 Å². The van der Waals surface area contributed by atoms with E-state index in [1.807, 2.05) is 0 Å². The average molecular weight is 395 g/mol. The largest absolute Gasteiger partial charge is 0.317 e. The van der Waals surface area contributed by atoms with Crippen LogP contribution in [0, 0.1) is 0 Å². The summed E-state index contributed by atoms with van der Waals surface area (Å²) in [6.07, 6.45) is -0.248. The topological polar surface area (TPSA) is 121 Å². The molecule has 3 amide bonds.